The lowest BCUT2D eigenvalue weighted by Crippen LogP contribution is -2.51. The lowest BCUT2D eigenvalue weighted by Gasteiger charge is -2.45. The van der Waals surface area contributed by atoms with Crippen molar-refractivity contribution in [2.24, 2.45) is 5.92 Å². The van der Waals surface area contributed by atoms with E-state index < -0.39 is 0 Å². The molecule has 0 saturated carbocycles. The molecular weight excluding hydrogens is 174 g/mol. The Morgan fingerprint density at radius 2 is 2.14 bits per heavy atom. The van der Waals surface area contributed by atoms with Crippen LogP contribution < -0.4 is 0 Å². The maximum Gasteiger partial charge on any atom is 0.121 e. The van der Waals surface area contributed by atoms with Crippen molar-refractivity contribution in [3.05, 3.63) is 0 Å². The van der Waals surface area contributed by atoms with Crippen molar-refractivity contribution < 1.29 is 4.79 Å². The van der Waals surface area contributed by atoms with E-state index >= 15 is 0 Å². The number of carbonyl (C=O) groups excluding carboxylic acids is 1. The van der Waals surface area contributed by atoms with Crippen molar-refractivity contribution in [2.75, 3.05) is 13.1 Å². The van der Waals surface area contributed by atoms with Gasteiger partial charge < -0.3 is 4.79 Å². The van der Waals surface area contributed by atoms with Crippen LogP contribution in [0.1, 0.15) is 46.5 Å². The summed E-state index contributed by atoms with van der Waals surface area (Å²) in [5.74, 6) is 0.694. The number of nitrogens with zero attached hydrogens (tertiary/aromatic N) is 1. The summed E-state index contributed by atoms with van der Waals surface area (Å²) in [6, 6.07) is 0. The minimum atomic E-state index is 0.143. The molecule has 0 aromatic heterocycles. The molecule has 0 spiro atoms. The Balaban J connectivity index is 2.62. The molecule has 1 atom stereocenters. The SMILES string of the molecule is CC(C)CN1CCCCC1(C)CC=O. The van der Waals surface area contributed by atoms with Crippen LogP contribution in [0, 0.1) is 5.92 Å². The minimum Gasteiger partial charge on any atom is -0.303 e. The first-order valence-electron chi connectivity index (χ1n) is 5.77. The fourth-order valence-electron chi connectivity index (χ4n) is 2.40. The number of hydrogen-bond acceptors (Lipinski definition) is 2. The summed E-state index contributed by atoms with van der Waals surface area (Å²) < 4.78 is 0. The van der Waals surface area contributed by atoms with Crippen LogP contribution in [-0.2, 0) is 4.79 Å². The standard InChI is InChI=1S/C12H23NO/c1-11(2)10-13-8-5-4-6-12(13,3)7-9-14/h9,11H,4-8,10H2,1-3H3. The maximum atomic E-state index is 10.7. The van der Waals surface area contributed by atoms with E-state index in [1.807, 2.05) is 0 Å². The van der Waals surface area contributed by atoms with E-state index in [2.05, 4.69) is 25.7 Å². The van der Waals surface area contributed by atoms with Crippen molar-refractivity contribution in [3.63, 3.8) is 0 Å². The predicted octanol–water partition coefficient (Wildman–Crippen LogP) is 2.48. The van der Waals surface area contributed by atoms with Gasteiger partial charge in [-0.05, 0) is 32.2 Å². The summed E-state index contributed by atoms with van der Waals surface area (Å²) in [7, 11) is 0. The van der Waals surface area contributed by atoms with Crippen LogP contribution in [0.4, 0.5) is 0 Å². The van der Waals surface area contributed by atoms with Gasteiger partial charge in [0.05, 0.1) is 0 Å². The van der Waals surface area contributed by atoms with Gasteiger partial charge in [-0.25, -0.2) is 0 Å². The molecule has 0 amide bonds. The summed E-state index contributed by atoms with van der Waals surface area (Å²) in [4.78, 5) is 13.2. The molecule has 0 aliphatic carbocycles. The zero-order valence-electron chi connectivity index (χ0n) is 9.75. The maximum absolute atomic E-state index is 10.7. The highest BCUT2D eigenvalue weighted by Crippen LogP contribution is 2.30. The van der Waals surface area contributed by atoms with Crippen molar-refractivity contribution in [1.82, 2.24) is 4.90 Å². The van der Waals surface area contributed by atoms with E-state index in [9.17, 15) is 4.79 Å². The topological polar surface area (TPSA) is 20.3 Å². The summed E-state index contributed by atoms with van der Waals surface area (Å²) >= 11 is 0. The lowest BCUT2D eigenvalue weighted by atomic mass is 9.85. The largest absolute Gasteiger partial charge is 0.303 e. The van der Waals surface area contributed by atoms with Crippen LogP contribution in [0.25, 0.3) is 0 Å². The molecule has 2 heteroatoms. The number of rotatable bonds is 4. The van der Waals surface area contributed by atoms with Crippen LogP contribution in [0.3, 0.4) is 0 Å². The zero-order valence-corrected chi connectivity index (χ0v) is 9.75. The first-order chi connectivity index (χ1) is 6.58. The Kier molecular flexibility index (Phi) is 4.11. The Bertz CT molecular complexity index is 191. The number of hydrogen-bond donors (Lipinski definition) is 0. The van der Waals surface area contributed by atoms with E-state index in [1.54, 1.807) is 0 Å². The quantitative estimate of drug-likeness (QED) is 0.645. The van der Waals surface area contributed by atoms with Gasteiger partial charge in [0.2, 0.25) is 0 Å². The summed E-state index contributed by atoms with van der Waals surface area (Å²) in [5, 5.41) is 0. The number of likely N-dealkylation sites (tertiary alicyclic amines) is 1. The second-order valence-electron chi connectivity index (χ2n) is 5.16. The third-order valence-corrected chi connectivity index (χ3v) is 3.27. The molecule has 1 aliphatic rings. The third-order valence-electron chi connectivity index (χ3n) is 3.27. The van der Waals surface area contributed by atoms with Gasteiger partial charge in [0.15, 0.2) is 0 Å². The van der Waals surface area contributed by atoms with Gasteiger partial charge in [-0.1, -0.05) is 20.3 Å². The van der Waals surface area contributed by atoms with Gasteiger partial charge in [-0.15, -0.1) is 0 Å². The van der Waals surface area contributed by atoms with Gasteiger partial charge in [0.25, 0.3) is 0 Å². The molecule has 14 heavy (non-hydrogen) atoms. The molecule has 0 N–H and O–H groups in total. The van der Waals surface area contributed by atoms with Gasteiger partial charge >= 0.3 is 0 Å². The second-order valence-corrected chi connectivity index (χ2v) is 5.16. The summed E-state index contributed by atoms with van der Waals surface area (Å²) in [6.45, 7) is 9.03. The smallest absolute Gasteiger partial charge is 0.121 e. The molecule has 0 aromatic rings. The van der Waals surface area contributed by atoms with Crippen molar-refractivity contribution in [3.8, 4) is 0 Å². The van der Waals surface area contributed by atoms with Gasteiger partial charge in [-0.2, -0.15) is 0 Å². The number of carbonyl (C=O) groups is 1. The fourth-order valence-corrected chi connectivity index (χ4v) is 2.40. The summed E-state index contributed by atoms with van der Waals surface area (Å²) in [6.07, 6.45) is 5.52. The molecule has 0 aromatic carbocycles. The van der Waals surface area contributed by atoms with E-state index in [4.69, 9.17) is 0 Å². The first-order valence-corrected chi connectivity index (χ1v) is 5.77. The van der Waals surface area contributed by atoms with Crippen LogP contribution in [-0.4, -0.2) is 29.8 Å². The van der Waals surface area contributed by atoms with Crippen molar-refractivity contribution in [2.45, 2.75) is 52.0 Å². The molecular formula is C12H23NO. The van der Waals surface area contributed by atoms with E-state index in [0.717, 1.165) is 12.8 Å². The highest BCUT2D eigenvalue weighted by molar-refractivity contribution is 5.51. The monoisotopic (exact) mass is 197 g/mol. The summed E-state index contributed by atoms with van der Waals surface area (Å²) in [5.41, 5.74) is 0.143. The van der Waals surface area contributed by atoms with Crippen LogP contribution >= 0.6 is 0 Å². The molecule has 1 fully saturated rings. The molecule has 1 rings (SSSR count). The highest BCUT2D eigenvalue weighted by atomic mass is 16.1. The molecule has 0 bridgehead atoms. The lowest BCUT2D eigenvalue weighted by molar-refractivity contribution is -0.111. The average molecular weight is 197 g/mol. The molecule has 1 saturated heterocycles. The molecule has 1 unspecified atom stereocenters. The Hall–Kier alpha value is -0.370. The van der Waals surface area contributed by atoms with Gasteiger partial charge in [0.1, 0.15) is 6.29 Å². The van der Waals surface area contributed by atoms with Crippen molar-refractivity contribution in [1.29, 1.82) is 0 Å². The minimum absolute atomic E-state index is 0.143. The van der Waals surface area contributed by atoms with Crippen LogP contribution in [0.5, 0.6) is 0 Å². The Morgan fingerprint density at radius 1 is 1.43 bits per heavy atom. The Morgan fingerprint density at radius 3 is 2.71 bits per heavy atom. The van der Waals surface area contributed by atoms with Crippen LogP contribution in [0.2, 0.25) is 0 Å². The molecule has 0 radical (unpaired) electrons. The first kappa shape index (κ1) is 11.7. The average Bonchev–Trinajstić information content (AvgIpc) is 2.09. The molecule has 1 aliphatic heterocycles. The normalized spacial score (nSPS) is 29.4. The number of aldehydes is 1. The van der Waals surface area contributed by atoms with E-state index in [0.29, 0.717) is 12.3 Å². The van der Waals surface area contributed by atoms with Gasteiger partial charge in [0, 0.05) is 18.5 Å². The second kappa shape index (κ2) is 4.92. The zero-order chi connectivity index (χ0) is 10.6. The third kappa shape index (κ3) is 2.81. The molecule has 2 nitrogen and oxygen atoms in total. The molecule has 1 heterocycles. The fraction of sp³-hybridized carbons (Fsp3) is 0.917. The Labute approximate surface area is 87.7 Å². The van der Waals surface area contributed by atoms with Crippen LogP contribution in [0.15, 0.2) is 0 Å². The van der Waals surface area contributed by atoms with E-state index in [-0.39, 0.29) is 5.54 Å². The number of piperidine rings is 1. The van der Waals surface area contributed by atoms with E-state index in [1.165, 1.54) is 25.8 Å². The predicted molar refractivity (Wildman–Crippen MR) is 59.3 cm³/mol. The molecule has 82 valence electrons. The van der Waals surface area contributed by atoms with Gasteiger partial charge in [-0.3, -0.25) is 4.90 Å². The highest BCUT2D eigenvalue weighted by Gasteiger charge is 2.33. The van der Waals surface area contributed by atoms with Crippen molar-refractivity contribution >= 4 is 6.29 Å².